The first kappa shape index (κ1) is 22.9. The van der Waals surface area contributed by atoms with Crippen LogP contribution >= 0.6 is 0 Å². The minimum atomic E-state index is 0.750. The molecule has 14 heavy (non-hydrogen) atoms. The molecule has 5 nitrogen and oxygen atoms in total. The van der Waals surface area contributed by atoms with Gasteiger partial charge in [0.05, 0.1) is 0 Å². The summed E-state index contributed by atoms with van der Waals surface area (Å²) in [5, 5.41) is 10.8. The maximum absolute atomic E-state index is 8.35. The average molecular weight is 202 g/mol. The summed E-state index contributed by atoms with van der Waals surface area (Å²) in [5.74, 6) is 0. The van der Waals surface area contributed by atoms with Gasteiger partial charge >= 0.3 is 0 Å². The molecule has 0 saturated heterocycles. The fourth-order valence-electron chi connectivity index (χ4n) is 0.500. The van der Waals surface area contributed by atoms with Gasteiger partial charge in [-0.3, -0.25) is 0 Å². The van der Waals surface area contributed by atoms with Crippen molar-refractivity contribution in [2.45, 2.75) is 39.5 Å². The maximum atomic E-state index is 8.35. The van der Waals surface area contributed by atoms with Crippen molar-refractivity contribution in [1.29, 1.82) is 10.8 Å². The second kappa shape index (κ2) is 63.4. The molecule has 0 bridgehead atoms. The van der Waals surface area contributed by atoms with E-state index < -0.39 is 0 Å². The molecule has 0 aromatic heterocycles. The summed E-state index contributed by atoms with van der Waals surface area (Å²) in [5.41, 5.74) is 0. The van der Waals surface area contributed by atoms with Crippen molar-refractivity contribution in [2.24, 2.45) is 0 Å². The number of nitrogens with one attached hydrogen (secondary N) is 2. The molecule has 0 rings (SSSR count). The zero-order valence-corrected chi connectivity index (χ0v) is 8.76. The van der Waals surface area contributed by atoms with Crippen LogP contribution in [-0.4, -0.2) is 18.9 Å². The van der Waals surface area contributed by atoms with E-state index in [9.17, 15) is 0 Å². The molecule has 0 amide bonds. The van der Waals surface area contributed by atoms with Crippen molar-refractivity contribution in [3.05, 3.63) is 0 Å². The molecular formula is C9H18N2O3. The van der Waals surface area contributed by atoms with E-state index in [1.165, 1.54) is 25.7 Å². The van der Waals surface area contributed by atoms with E-state index in [2.05, 4.69) is 13.8 Å². The van der Waals surface area contributed by atoms with Crippen molar-refractivity contribution in [2.75, 3.05) is 0 Å². The van der Waals surface area contributed by atoms with Crippen LogP contribution in [0.15, 0.2) is 0 Å². The zero-order chi connectivity index (χ0) is 12.2. The summed E-state index contributed by atoms with van der Waals surface area (Å²) in [6.07, 6.45) is 7.04. The molecule has 5 heteroatoms. The van der Waals surface area contributed by atoms with Crippen LogP contribution < -0.4 is 0 Å². The molecule has 0 heterocycles. The normalized spacial score (nSPS) is 5.29. The first-order valence-corrected chi connectivity index (χ1v) is 4.11. The fraction of sp³-hybridized carbons (Fsp3) is 0.667. The number of carbonyl (C=O) groups is 1. The van der Waals surface area contributed by atoms with Gasteiger partial charge in [0.15, 0.2) is 0 Å². The predicted molar refractivity (Wildman–Crippen MR) is 53.8 cm³/mol. The Balaban J connectivity index is -0.0000000536. The SMILES string of the molecule is C=O.CCCCCC.N=C=O.N=C=O. The average Bonchev–Trinajstić information content (AvgIpc) is 2.20. The van der Waals surface area contributed by atoms with Crippen LogP contribution in [0.3, 0.4) is 0 Å². The minimum Gasteiger partial charge on any atom is -0.307 e. The maximum Gasteiger partial charge on any atom is 0.231 e. The Morgan fingerprint density at radius 3 is 1.14 bits per heavy atom. The van der Waals surface area contributed by atoms with E-state index in [1.54, 1.807) is 0 Å². The Hall–Kier alpha value is -1.57. The van der Waals surface area contributed by atoms with E-state index >= 15 is 0 Å². The summed E-state index contributed by atoms with van der Waals surface area (Å²) in [4.78, 5) is 24.7. The minimum absolute atomic E-state index is 0.750. The topological polar surface area (TPSA) is 98.9 Å². The summed E-state index contributed by atoms with van der Waals surface area (Å²) in [6.45, 7) is 6.46. The third-order valence-corrected chi connectivity index (χ3v) is 0.957. The largest absolute Gasteiger partial charge is 0.307 e. The summed E-state index contributed by atoms with van der Waals surface area (Å²) in [6, 6.07) is 0. The van der Waals surface area contributed by atoms with Crippen molar-refractivity contribution < 1.29 is 14.4 Å². The molecule has 0 radical (unpaired) electrons. The van der Waals surface area contributed by atoms with Crippen LogP contribution in [0.5, 0.6) is 0 Å². The highest BCUT2D eigenvalue weighted by atomic mass is 16.1. The van der Waals surface area contributed by atoms with E-state index in [0.29, 0.717) is 0 Å². The molecular weight excluding hydrogens is 184 g/mol. The lowest BCUT2D eigenvalue weighted by Crippen LogP contribution is -1.66. The molecule has 0 aliphatic rings. The number of rotatable bonds is 3. The van der Waals surface area contributed by atoms with Crippen LogP contribution in [0.25, 0.3) is 0 Å². The first-order valence-electron chi connectivity index (χ1n) is 4.11. The van der Waals surface area contributed by atoms with Gasteiger partial charge < -0.3 is 4.79 Å². The van der Waals surface area contributed by atoms with E-state index in [-0.39, 0.29) is 0 Å². The molecule has 0 unspecified atom stereocenters. The van der Waals surface area contributed by atoms with Crippen LogP contribution in [0, 0.1) is 10.8 Å². The highest BCUT2D eigenvalue weighted by Crippen LogP contribution is 1.95. The molecule has 0 saturated carbocycles. The summed E-state index contributed by atoms with van der Waals surface area (Å²) >= 11 is 0. The van der Waals surface area contributed by atoms with Crippen molar-refractivity contribution >= 4 is 18.9 Å². The van der Waals surface area contributed by atoms with E-state index in [1.807, 2.05) is 6.79 Å². The van der Waals surface area contributed by atoms with Gasteiger partial charge in [0, 0.05) is 0 Å². The van der Waals surface area contributed by atoms with Gasteiger partial charge in [0.25, 0.3) is 0 Å². The highest BCUT2D eigenvalue weighted by molar-refractivity contribution is 5.26. The van der Waals surface area contributed by atoms with Gasteiger partial charge in [-0.1, -0.05) is 39.5 Å². The first-order chi connectivity index (χ1) is 6.74. The number of unbranched alkanes of at least 4 members (excludes halogenated alkanes) is 3. The molecule has 0 aliphatic heterocycles. The lowest BCUT2D eigenvalue weighted by molar-refractivity contribution is -0.0979. The monoisotopic (exact) mass is 202 g/mol. The van der Waals surface area contributed by atoms with Crippen LogP contribution in [0.2, 0.25) is 0 Å². The third kappa shape index (κ3) is 454. The molecule has 0 fully saturated rings. The Bertz CT molecular complexity index is 121. The Morgan fingerprint density at radius 1 is 0.929 bits per heavy atom. The number of hydrogen-bond donors (Lipinski definition) is 2. The third-order valence-electron chi connectivity index (χ3n) is 0.957. The lowest BCUT2D eigenvalue weighted by Gasteiger charge is -1.86. The van der Waals surface area contributed by atoms with Crippen LogP contribution in [0.4, 0.5) is 0 Å². The van der Waals surface area contributed by atoms with Crippen LogP contribution in [0.1, 0.15) is 39.5 Å². The Kier molecular flexibility index (Phi) is 103. The van der Waals surface area contributed by atoms with Gasteiger partial charge in [0.1, 0.15) is 6.79 Å². The van der Waals surface area contributed by atoms with E-state index in [0.717, 1.165) is 12.2 Å². The van der Waals surface area contributed by atoms with Gasteiger partial charge in [0.2, 0.25) is 12.2 Å². The Morgan fingerprint density at radius 2 is 1.07 bits per heavy atom. The molecule has 0 aliphatic carbocycles. The smallest absolute Gasteiger partial charge is 0.231 e. The van der Waals surface area contributed by atoms with Gasteiger partial charge in [-0.05, 0) is 0 Å². The molecule has 0 atom stereocenters. The molecule has 82 valence electrons. The van der Waals surface area contributed by atoms with Crippen molar-refractivity contribution in [1.82, 2.24) is 0 Å². The lowest BCUT2D eigenvalue weighted by atomic mass is 10.2. The second-order valence-electron chi connectivity index (χ2n) is 1.91. The molecule has 2 N–H and O–H groups in total. The molecule has 0 spiro atoms. The Labute approximate surface area is 84.5 Å². The van der Waals surface area contributed by atoms with Crippen molar-refractivity contribution in [3.8, 4) is 0 Å². The van der Waals surface area contributed by atoms with Gasteiger partial charge in [-0.15, -0.1) is 0 Å². The molecule has 0 aromatic rings. The van der Waals surface area contributed by atoms with Crippen molar-refractivity contribution in [3.63, 3.8) is 0 Å². The quantitative estimate of drug-likeness (QED) is 0.417. The molecule has 0 aromatic carbocycles. The number of carbonyl (C=O) groups excluding carboxylic acids is 3. The number of hydrogen-bond acceptors (Lipinski definition) is 5. The van der Waals surface area contributed by atoms with E-state index in [4.69, 9.17) is 25.2 Å². The number of isocyanates is 2. The fourth-order valence-corrected chi connectivity index (χ4v) is 0.500. The highest BCUT2D eigenvalue weighted by Gasteiger charge is 1.75. The van der Waals surface area contributed by atoms with Gasteiger partial charge in [-0.2, -0.15) is 0 Å². The standard InChI is InChI=1S/C6H14.2CHNO.CH2O/c1-3-5-6-4-2;2*2-1-3;1-2/h3-6H2,1-2H3;2*2H;1H2. The predicted octanol–water partition coefficient (Wildman–Crippen LogP) is 2.20. The summed E-state index contributed by atoms with van der Waals surface area (Å²) in [7, 11) is 0. The zero-order valence-electron chi connectivity index (χ0n) is 8.76. The van der Waals surface area contributed by atoms with Gasteiger partial charge in [-0.25, -0.2) is 20.4 Å². The summed E-state index contributed by atoms with van der Waals surface area (Å²) < 4.78 is 0. The van der Waals surface area contributed by atoms with Crippen LogP contribution in [-0.2, 0) is 14.4 Å². The second-order valence-corrected chi connectivity index (χ2v) is 1.91.